The fourth-order valence-corrected chi connectivity index (χ4v) is 4.30. The number of aliphatic imine (C=N–C) groups is 1. The maximum absolute atomic E-state index is 13.7. The molecule has 5 atom stereocenters. The zero-order valence-corrected chi connectivity index (χ0v) is 25.8. The van der Waals surface area contributed by atoms with E-state index in [-0.39, 0.29) is 44.6 Å². The van der Waals surface area contributed by atoms with Gasteiger partial charge in [0.2, 0.25) is 23.6 Å². The molecule has 18 heteroatoms. The molecule has 0 aliphatic carbocycles. The van der Waals surface area contributed by atoms with Crippen molar-refractivity contribution in [1.29, 1.82) is 0 Å². The van der Waals surface area contributed by atoms with E-state index < -0.39 is 72.2 Å². The number of guanidine groups is 1. The summed E-state index contributed by atoms with van der Waals surface area (Å²) in [6.45, 7) is 1.49. The number of H-pyrrole nitrogens is 1. The first-order valence-electron chi connectivity index (χ1n) is 14.7. The summed E-state index contributed by atoms with van der Waals surface area (Å²) in [5.41, 5.74) is 17.5. The Morgan fingerprint density at radius 1 is 0.830 bits per heavy atom. The van der Waals surface area contributed by atoms with Gasteiger partial charge in [-0.05, 0) is 31.7 Å². The molecule has 1 aromatic heterocycles. The number of nitrogens with zero attached hydrogens (tertiary/aromatic N) is 2. The lowest BCUT2D eigenvalue weighted by molar-refractivity contribution is -0.142. The van der Waals surface area contributed by atoms with Gasteiger partial charge >= 0.3 is 11.9 Å². The van der Waals surface area contributed by atoms with Gasteiger partial charge in [0.15, 0.2) is 5.96 Å². The van der Waals surface area contributed by atoms with Gasteiger partial charge in [0.05, 0.1) is 12.4 Å². The van der Waals surface area contributed by atoms with E-state index in [1.165, 1.54) is 19.4 Å². The van der Waals surface area contributed by atoms with E-state index in [0.717, 1.165) is 0 Å². The molecule has 0 bridgehead atoms. The van der Waals surface area contributed by atoms with Gasteiger partial charge in [-0.2, -0.15) is 0 Å². The van der Waals surface area contributed by atoms with Gasteiger partial charge in [0.1, 0.15) is 24.2 Å². The van der Waals surface area contributed by atoms with Crippen molar-refractivity contribution in [3.05, 3.63) is 54.1 Å². The monoisotopic (exact) mass is 658 g/mol. The Labute approximate surface area is 270 Å². The van der Waals surface area contributed by atoms with E-state index in [1.54, 1.807) is 30.3 Å². The Morgan fingerprint density at radius 3 is 1.96 bits per heavy atom. The van der Waals surface area contributed by atoms with Crippen molar-refractivity contribution in [2.24, 2.45) is 22.2 Å². The molecule has 0 aliphatic heterocycles. The molecule has 1 heterocycles. The van der Waals surface area contributed by atoms with E-state index in [4.69, 9.17) is 22.3 Å². The average molecular weight is 659 g/mol. The van der Waals surface area contributed by atoms with Crippen LogP contribution in [0.3, 0.4) is 0 Å². The SMILES string of the molecule is C[C@H](N)C(=O)N[C@@H](CCC(=O)O)C(=O)N[C@@H](Cc1ccccc1)C(=O)N[C@@H](CCCN=C(N)N)C(=O)N[C@@H](Cc1cnc[nH]1)C(=O)O. The molecule has 0 aliphatic rings. The number of carbonyl (C=O) groups excluding carboxylic acids is 4. The molecule has 18 nitrogen and oxygen atoms in total. The first-order valence-corrected chi connectivity index (χ1v) is 14.7. The number of carbonyl (C=O) groups is 6. The summed E-state index contributed by atoms with van der Waals surface area (Å²) in [6, 6.07) is 2.30. The van der Waals surface area contributed by atoms with Crippen LogP contribution in [0.5, 0.6) is 0 Å². The fraction of sp³-hybridized carbons (Fsp3) is 0.448. The van der Waals surface area contributed by atoms with Gasteiger partial charge < -0.3 is 53.7 Å². The van der Waals surface area contributed by atoms with Crippen LogP contribution in [0.1, 0.15) is 43.9 Å². The molecule has 1 aromatic carbocycles. The van der Waals surface area contributed by atoms with E-state index in [0.29, 0.717) is 11.3 Å². The minimum Gasteiger partial charge on any atom is -0.481 e. The first kappa shape index (κ1) is 37.7. The molecule has 47 heavy (non-hydrogen) atoms. The van der Waals surface area contributed by atoms with Crippen LogP contribution < -0.4 is 38.5 Å². The Bertz CT molecular complexity index is 1380. The van der Waals surface area contributed by atoms with Crippen LogP contribution in [0, 0.1) is 0 Å². The summed E-state index contributed by atoms with van der Waals surface area (Å²) in [6.07, 6.45) is 2.05. The number of hydrogen-bond donors (Lipinski definition) is 10. The number of aliphatic carboxylic acids is 2. The Kier molecular flexibility index (Phi) is 15.3. The molecular weight excluding hydrogens is 616 g/mol. The highest BCUT2D eigenvalue weighted by atomic mass is 16.4. The van der Waals surface area contributed by atoms with E-state index >= 15 is 0 Å². The van der Waals surface area contributed by atoms with Crippen molar-refractivity contribution in [3.63, 3.8) is 0 Å². The van der Waals surface area contributed by atoms with Crippen LogP contribution in [0.25, 0.3) is 0 Å². The van der Waals surface area contributed by atoms with E-state index in [2.05, 4.69) is 36.2 Å². The standard InChI is InChI=1S/C29H42N10O8/c1-16(30)24(42)36-20(9-10-23(40)41)26(44)38-21(12-17-6-3-2-4-7-17)27(45)37-19(8-5-11-34-29(31)32)25(43)39-22(28(46)47)13-18-14-33-15-35-18/h2-4,6-7,14-16,19-22H,5,8-13,30H2,1H3,(H,33,35)(H,36,42)(H,37,45)(H,38,44)(H,39,43)(H,40,41)(H,46,47)(H4,31,32,34)/t16-,19-,20-,21-,22-/m0/s1. The predicted octanol–water partition coefficient (Wildman–Crippen LogP) is -2.52. The van der Waals surface area contributed by atoms with Crippen molar-refractivity contribution in [2.75, 3.05) is 6.54 Å². The minimum atomic E-state index is -1.37. The lowest BCUT2D eigenvalue weighted by atomic mass is 10.0. The zero-order chi connectivity index (χ0) is 34.9. The fourth-order valence-electron chi connectivity index (χ4n) is 4.30. The van der Waals surface area contributed by atoms with Gasteiger partial charge in [-0.1, -0.05) is 30.3 Å². The van der Waals surface area contributed by atoms with Crippen molar-refractivity contribution < 1.29 is 39.0 Å². The normalized spacial score (nSPS) is 13.9. The third kappa shape index (κ3) is 14.0. The highest BCUT2D eigenvalue weighted by Gasteiger charge is 2.32. The van der Waals surface area contributed by atoms with Gasteiger partial charge in [-0.15, -0.1) is 0 Å². The molecular formula is C29H42N10O8. The number of aromatic nitrogens is 2. The van der Waals surface area contributed by atoms with Gasteiger partial charge in [-0.3, -0.25) is 29.0 Å². The van der Waals surface area contributed by atoms with Crippen molar-refractivity contribution in [2.45, 2.75) is 75.7 Å². The van der Waals surface area contributed by atoms with Crippen LogP contribution >= 0.6 is 0 Å². The molecule has 0 saturated heterocycles. The summed E-state index contributed by atoms with van der Waals surface area (Å²) in [5.74, 6) is -5.90. The summed E-state index contributed by atoms with van der Waals surface area (Å²) in [5, 5.41) is 28.9. The van der Waals surface area contributed by atoms with Crippen molar-refractivity contribution >= 4 is 41.5 Å². The number of benzene rings is 1. The molecule has 0 spiro atoms. The van der Waals surface area contributed by atoms with Crippen LogP contribution in [-0.4, -0.2) is 98.5 Å². The summed E-state index contributed by atoms with van der Waals surface area (Å²) in [4.78, 5) is 86.4. The minimum absolute atomic E-state index is 0.0115. The largest absolute Gasteiger partial charge is 0.481 e. The molecule has 0 unspecified atom stereocenters. The molecule has 256 valence electrons. The van der Waals surface area contributed by atoms with Crippen LogP contribution in [0.4, 0.5) is 0 Å². The first-order chi connectivity index (χ1) is 22.3. The lowest BCUT2D eigenvalue weighted by Gasteiger charge is -2.26. The number of carboxylic acids is 2. The number of hydrogen-bond acceptors (Lipinski definition) is 9. The number of amides is 4. The van der Waals surface area contributed by atoms with Crippen molar-refractivity contribution in [3.8, 4) is 0 Å². The summed E-state index contributed by atoms with van der Waals surface area (Å²) in [7, 11) is 0. The molecule has 4 amide bonds. The number of rotatable bonds is 20. The predicted molar refractivity (Wildman–Crippen MR) is 168 cm³/mol. The number of aromatic amines is 1. The van der Waals surface area contributed by atoms with Gasteiger partial charge in [0.25, 0.3) is 0 Å². The Hall–Kier alpha value is -5.52. The van der Waals surface area contributed by atoms with Crippen LogP contribution in [0.2, 0.25) is 0 Å². The average Bonchev–Trinajstić information content (AvgIpc) is 3.53. The zero-order valence-electron chi connectivity index (χ0n) is 25.8. The van der Waals surface area contributed by atoms with Crippen LogP contribution in [0.15, 0.2) is 47.8 Å². The number of nitrogens with one attached hydrogen (secondary N) is 5. The molecule has 2 aromatic rings. The second-order valence-corrected chi connectivity index (χ2v) is 10.7. The molecule has 0 saturated carbocycles. The van der Waals surface area contributed by atoms with E-state index in [1.807, 2.05) is 0 Å². The molecule has 13 N–H and O–H groups in total. The third-order valence-electron chi connectivity index (χ3n) is 6.78. The maximum atomic E-state index is 13.7. The summed E-state index contributed by atoms with van der Waals surface area (Å²) < 4.78 is 0. The second kappa shape index (κ2) is 19.1. The highest BCUT2D eigenvalue weighted by molar-refractivity contribution is 5.95. The van der Waals surface area contributed by atoms with E-state index in [9.17, 15) is 33.9 Å². The second-order valence-electron chi connectivity index (χ2n) is 10.7. The summed E-state index contributed by atoms with van der Waals surface area (Å²) >= 11 is 0. The maximum Gasteiger partial charge on any atom is 0.326 e. The smallest absolute Gasteiger partial charge is 0.326 e. The van der Waals surface area contributed by atoms with Gasteiger partial charge in [0, 0.05) is 37.7 Å². The van der Waals surface area contributed by atoms with Crippen molar-refractivity contribution in [1.82, 2.24) is 31.2 Å². The van der Waals surface area contributed by atoms with Crippen LogP contribution in [-0.2, 0) is 41.6 Å². The topological polar surface area (TPSA) is 310 Å². The third-order valence-corrected chi connectivity index (χ3v) is 6.78. The molecule has 0 fully saturated rings. The quantitative estimate of drug-likeness (QED) is 0.0401. The number of imidazole rings is 1. The lowest BCUT2D eigenvalue weighted by Crippen LogP contribution is -2.59. The Balaban J connectivity index is 2.33. The highest BCUT2D eigenvalue weighted by Crippen LogP contribution is 2.09. The van der Waals surface area contributed by atoms with Gasteiger partial charge in [-0.25, -0.2) is 9.78 Å². The molecule has 0 radical (unpaired) electrons. The number of carboxylic acid groups (broad SMARTS) is 2. The number of nitrogens with two attached hydrogens (primary N) is 3. The Morgan fingerprint density at radius 2 is 1.40 bits per heavy atom. The molecule has 2 rings (SSSR count).